The molecule has 0 saturated carbocycles. The van der Waals surface area contributed by atoms with Gasteiger partial charge in [-0.2, -0.15) is 0 Å². The number of allylic oxidation sites excluding steroid dienone is 1. The fourth-order valence-electron chi connectivity index (χ4n) is 2.26. The molecule has 1 aliphatic rings. The van der Waals surface area contributed by atoms with Crippen LogP contribution in [0.2, 0.25) is 0 Å². The fourth-order valence-corrected chi connectivity index (χ4v) is 4.06. The molecule has 0 spiro atoms. The second-order valence-electron chi connectivity index (χ2n) is 5.46. The number of hydrogen-bond donors (Lipinski definition) is 0. The lowest BCUT2D eigenvalue weighted by Gasteiger charge is -2.21. The van der Waals surface area contributed by atoms with Crippen LogP contribution >= 0.6 is 23.1 Å². The molecule has 3 heteroatoms. The Morgan fingerprint density at radius 1 is 1.10 bits per heavy atom. The minimum Gasteiger partial charge on any atom is -0.252 e. The van der Waals surface area contributed by atoms with Crippen molar-refractivity contribution in [2.75, 3.05) is 0 Å². The molecule has 0 N–H and O–H groups in total. The van der Waals surface area contributed by atoms with E-state index < -0.39 is 0 Å². The summed E-state index contributed by atoms with van der Waals surface area (Å²) in [6, 6.07) is 12.6. The van der Waals surface area contributed by atoms with Gasteiger partial charge in [-0.15, -0.1) is 23.1 Å². The van der Waals surface area contributed by atoms with Crippen LogP contribution in [0.3, 0.4) is 0 Å². The Morgan fingerprint density at radius 2 is 1.95 bits per heavy atom. The molecule has 3 rings (SSSR count). The highest BCUT2D eigenvalue weighted by Gasteiger charge is 2.25. The van der Waals surface area contributed by atoms with Crippen LogP contribution in [0.15, 0.2) is 57.7 Å². The zero-order valence-electron chi connectivity index (χ0n) is 11.7. The lowest BCUT2D eigenvalue weighted by molar-refractivity contribution is 0.752. The molecule has 1 nitrogen and oxygen atoms in total. The summed E-state index contributed by atoms with van der Waals surface area (Å²) in [5, 5.41) is 2.10. The molecule has 1 aromatic heterocycles. The zero-order valence-corrected chi connectivity index (χ0v) is 13.3. The van der Waals surface area contributed by atoms with E-state index in [0.29, 0.717) is 0 Å². The summed E-state index contributed by atoms with van der Waals surface area (Å²) < 4.78 is 0.172. The molecule has 2 heterocycles. The first-order chi connectivity index (χ1) is 9.62. The Hall–Kier alpha value is -1.32. The van der Waals surface area contributed by atoms with Crippen LogP contribution in [0.25, 0.3) is 6.08 Å². The largest absolute Gasteiger partial charge is 0.252 e. The maximum atomic E-state index is 4.85. The normalized spacial score (nSPS) is 17.6. The molecule has 102 valence electrons. The lowest BCUT2D eigenvalue weighted by Crippen LogP contribution is -2.17. The Balaban J connectivity index is 1.95. The molecule has 1 aromatic carbocycles. The molecule has 0 fully saturated rings. The molecular formula is C17H17NS2. The van der Waals surface area contributed by atoms with Gasteiger partial charge in [0.25, 0.3) is 0 Å². The van der Waals surface area contributed by atoms with Gasteiger partial charge in [0.15, 0.2) is 0 Å². The van der Waals surface area contributed by atoms with Crippen molar-refractivity contribution >= 4 is 40.6 Å². The van der Waals surface area contributed by atoms with Crippen molar-refractivity contribution in [1.29, 1.82) is 0 Å². The summed E-state index contributed by atoms with van der Waals surface area (Å²) in [6.45, 7) is 4.57. The van der Waals surface area contributed by atoms with Gasteiger partial charge >= 0.3 is 0 Å². The summed E-state index contributed by atoms with van der Waals surface area (Å²) in [7, 11) is 0. The Kier molecular flexibility index (Phi) is 3.81. The van der Waals surface area contributed by atoms with Crippen molar-refractivity contribution in [3.8, 4) is 0 Å². The summed E-state index contributed by atoms with van der Waals surface area (Å²) in [6.07, 6.45) is 5.31. The highest BCUT2D eigenvalue weighted by atomic mass is 32.2. The molecule has 0 aliphatic carbocycles. The van der Waals surface area contributed by atoms with E-state index in [4.69, 9.17) is 4.99 Å². The van der Waals surface area contributed by atoms with Crippen molar-refractivity contribution in [2.45, 2.75) is 29.9 Å². The highest BCUT2D eigenvalue weighted by molar-refractivity contribution is 8.00. The van der Waals surface area contributed by atoms with E-state index in [9.17, 15) is 0 Å². The Bertz CT molecular complexity index is 651. The minimum absolute atomic E-state index is 0.172. The average Bonchev–Trinajstić information content (AvgIpc) is 2.86. The maximum Gasteiger partial charge on any atom is 0.0768 e. The molecule has 20 heavy (non-hydrogen) atoms. The number of benzene rings is 1. The number of para-hydroxylation sites is 1. The molecule has 2 aromatic rings. The standard InChI is InChI=1S/C17H17NS2/c1-17(2)12-13(9-10-14-6-5-11-19-14)18-15-7-3-4-8-16(15)20-17/h3-11H,12H2,1-2H3/b10-9-. The SMILES string of the molecule is CC1(C)CC(/C=C\c2cccs2)=Nc2ccccc2S1. The summed E-state index contributed by atoms with van der Waals surface area (Å²) >= 11 is 3.67. The number of aliphatic imine (C=N–C) groups is 1. The van der Waals surface area contributed by atoms with Crippen LogP contribution in [-0.4, -0.2) is 10.5 Å². The topological polar surface area (TPSA) is 12.4 Å². The third-order valence-corrected chi connectivity index (χ3v) is 5.21. The minimum atomic E-state index is 0.172. The molecule has 0 atom stereocenters. The van der Waals surface area contributed by atoms with Crippen LogP contribution in [-0.2, 0) is 0 Å². The first-order valence-electron chi connectivity index (χ1n) is 6.70. The molecule has 0 saturated heterocycles. The first kappa shape index (κ1) is 13.7. The van der Waals surface area contributed by atoms with E-state index >= 15 is 0 Å². The van der Waals surface area contributed by atoms with Gasteiger partial charge in [-0.05, 0) is 49.6 Å². The summed E-state index contributed by atoms with van der Waals surface area (Å²) in [4.78, 5) is 7.40. The number of rotatable bonds is 2. The second-order valence-corrected chi connectivity index (χ2v) is 8.19. The first-order valence-corrected chi connectivity index (χ1v) is 8.39. The molecule has 0 bridgehead atoms. The number of hydrogen-bond acceptors (Lipinski definition) is 3. The van der Waals surface area contributed by atoms with Crippen LogP contribution in [0.5, 0.6) is 0 Å². The van der Waals surface area contributed by atoms with Gasteiger partial charge < -0.3 is 0 Å². The highest BCUT2D eigenvalue weighted by Crippen LogP contribution is 2.43. The Labute approximate surface area is 128 Å². The van der Waals surface area contributed by atoms with Crippen LogP contribution < -0.4 is 0 Å². The average molecular weight is 299 g/mol. The van der Waals surface area contributed by atoms with Crippen LogP contribution in [0.1, 0.15) is 25.1 Å². The van der Waals surface area contributed by atoms with E-state index in [1.807, 2.05) is 11.8 Å². The predicted molar refractivity (Wildman–Crippen MR) is 91.4 cm³/mol. The van der Waals surface area contributed by atoms with Crippen molar-refractivity contribution in [3.05, 3.63) is 52.7 Å². The smallest absolute Gasteiger partial charge is 0.0768 e. The van der Waals surface area contributed by atoms with Gasteiger partial charge in [-0.1, -0.05) is 18.2 Å². The summed E-state index contributed by atoms with van der Waals surface area (Å²) in [5.41, 5.74) is 2.25. The van der Waals surface area contributed by atoms with Gasteiger partial charge in [0.2, 0.25) is 0 Å². The van der Waals surface area contributed by atoms with Crippen LogP contribution in [0, 0.1) is 0 Å². The monoisotopic (exact) mass is 299 g/mol. The number of fused-ring (bicyclic) bond motifs is 1. The molecule has 1 aliphatic heterocycles. The number of nitrogens with zero attached hydrogens (tertiary/aromatic N) is 1. The van der Waals surface area contributed by atoms with E-state index in [-0.39, 0.29) is 4.75 Å². The fraction of sp³-hybridized carbons (Fsp3) is 0.235. The van der Waals surface area contributed by atoms with Crippen molar-refractivity contribution in [1.82, 2.24) is 0 Å². The third kappa shape index (κ3) is 3.22. The predicted octanol–water partition coefficient (Wildman–Crippen LogP) is 5.81. The zero-order chi connectivity index (χ0) is 14.0. The lowest BCUT2D eigenvalue weighted by atomic mass is 10.0. The van der Waals surface area contributed by atoms with Gasteiger partial charge in [-0.3, -0.25) is 4.99 Å². The van der Waals surface area contributed by atoms with Crippen molar-refractivity contribution in [3.63, 3.8) is 0 Å². The van der Waals surface area contributed by atoms with E-state index in [2.05, 4.69) is 67.8 Å². The van der Waals surface area contributed by atoms with Gasteiger partial charge in [0.1, 0.15) is 0 Å². The number of thiophene rings is 1. The van der Waals surface area contributed by atoms with Gasteiger partial charge in [0.05, 0.1) is 5.69 Å². The van der Waals surface area contributed by atoms with Gasteiger partial charge in [-0.25, -0.2) is 0 Å². The van der Waals surface area contributed by atoms with Crippen molar-refractivity contribution < 1.29 is 0 Å². The summed E-state index contributed by atoms with van der Waals surface area (Å²) in [5.74, 6) is 0. The molecule has 0 radical (unpaired) electrons. The number of thioether (sulfide) groups is 1. The second kappa shape index (κ2) is 5.58. The van der Waals surface area contributed by atoms with Gasteiger partial charge in [0, 0.05) is 26.7 Å². The van der Waals surface area contributed by atoms with Crippen molar-refractivity contribution in [2.24, 2.45) is 4.99 Å². The maximum absolute atomic E-state index is 4.85. The quantitative estimate of drug-likeness (QED) is 0.681. The molecular weight excluding hydrogens is 282 g/mol. The third-order valence-electron chi connectivity index (χ3n) is 3.11. The molecule has 0 amide bonds. The van der Waals surface area contributed by atoms with Crippen LogP contribution in [0.4, 0.5) is 5.69 Å². The Morgan fingerprint density at radius 3 is 2.75 bits per heavy atom. The van der Waals surface area contributed by atoms with E-state index in [1.165, 1.54) is 9.77 Å². The van der Waals surface area contributed by atoms with E-state index in [0.717, 1.165) is 17.8 Å². The van der Waals surface area contributed by atoms with E-state index in [1.54, 1.807) is 11.3 Å². The molecule has 0 unspecified atom stereocenters.